The van der Waals surface area contributed by atoms with E-state index in [4.69, 9.17) is 5.11 Å². The predicted octanol–water partition coefficient (Wildman–Crippen LogP) is 1.46. The summed E-state index contributed by atoms with van der Waals surface area (Å²) in [6.45, 7) is 6.14. The molecule has 0 heterocycles. The van der Waals surface area contributed by atoms with E-state index in [-0.39, 0.29) is 12.0 Å². The molecule has 0 aliphatic carbocycles. The van der Waals surface area contributed by atoms with Crippen molar-refractivity contribution in [2.45, 2.75) is 27.2 Å². The first-order valence-corrected chi connectivity index (χ1v) is 6.61. The van der Waals surface area contributed by atoms with Gasteiger partial charge in [0.1, 0.15) is 0 Å². The number of hydrogen-bond donors (Lipinski definition) is 3. The van der Waals surface area contributed by atoms with E-state index in [2.05, 4.69) is 10.6 Å². The van der Waals surface area contributed by atoms with Crippen molar-refractivity contribution in [1.29, 1.82) is 0 Å². The van der Waals surface area contributed by atoms with E-state index in [1.54, 1.807) is 12.1 Å². The number of aliphatic hydroxyl groups excluding tert-OH is 1. The molecule has 0 radical (unpaired) electrons. The summed E-state index contributed by atoms with van der Waals surface area (Å²) in [4.78, 5) is 23.4. The number of carbonyl (C=O) groups is 2. The molecule has 1 aromatic rings. The standard InChI is InChI=1S/C15H22N2O3/c1-11-5-4-6-12(9-11)17-14(20)13(19)16-10-15(2,3)7-8-18/h4-6,9,18H,7-8,10H2,1-3H3,(H,16,19)(H,17,20). The molecule has 0 fully saturated rings. The minimum Gasteiger partial charge on any atom is -0.396 e. The van der Waals surface area contributed by atoms with Crippen LogP contribution in [0.15, 0.2) is 24.3 Å². The van der Waals surface area contributed by atoms with E-state index in [0.29, 0.717) is 18.7 Å². The van der Waals surface area contributed by atoms with Crippen LogP contribution >= 0.6 is 0 Å². The van der Waals surface area contributed by atoms with Gasteiger partial charge in [-0.3, -0.25) is 9.59 Å². The quantitative estimate of drug-likeness (QED) is 0.713. The zero-order valence-electron chi connectivity index (χ0n) is 12.2. The Morgan fingerprint density at radius 1 is 1.25 bits per heavy atom. The highest BCUT2D eigenvalue weighted by Gasteiger charge is 2.21. The maximum Gasteiger partial charge on any atom is 0.313 e. The SMILES string of the molecule is Cc1cccc(NC(=O)C(=O)NCC(C)(C)CCO)c1. The van der Waals surface area contributed by atoms with Crippen molar-refractivity contribution in [2.75, 3.05) is 18.5 Å². The highest BCUT2D eigenvalue weighted by Crippen LogP contribution is 2.17. The predicted molar refractivity (Wildman–Crippen MR) is 78.3 cm³/mol. The fraction of sp³-hybridized carbons (Fsp3) is 0.467. The maximum atomic E-state index is 11.7. The lowest BCUT2D eigenvalue weighted by Gasteiger charge is -2.23. The first kappa shape index (κ1) is 16.2. The molecule has 2 amide bonds. The molecular formula is C15H22N2O3. The Balaban J connectivity index is 2.50. The van der Waals surface area contributed by atoms with Gasteiger partial charge < -0.3 is 15.7 Å². The third-order valence-electron chi connectivity index (χ3n) is 3.00. The third kappa shape index (κ3) is 5.40. The van der Waals surface area contributed by atoms with Crippen LogP contribution in [0.3, 0.4) is 0 Å². The van der Waals surface area contributed by atoms with Crippen molar-refractivity contribution in [3.05, 3.63) is 29.8 Å². The number of benzene rings is 1. The van der Waals surface area contributed by atoms with Gasteiger partial charge in [-0.1, -0.05) is 26.0 Å². The first-order valence-electron chi connectivity index (χ1n) is 6.61. The highest BCUT2D eigenvalue weighted by atomic mass is 16.3. The van der Waals surface area contributed by atoms with Gasteiger partial charge >= 0.3 is 11.8 Å². The van der Waals surface area contributed by atoms with Gasteiger partial charge in [-0.25, -0.2) is 0 Å². The first-order chi connectivity index (χ1) is 9.34. The molecule has 110 valence electrons. The van der Waals surface area contributed by atoms with Gasteiger partial charge in [0, 0.05) is 18.8 Å². The molecule has 0 aromatic heterocycles. The normalized spacial score (nSPS) is 11.0. The summed E-state index contributed by atoms with van der Waals surface area (Å²) < 4.78 is 0. The average molecular weight is 278 g/mol. The fourth-order valence-electron chi connectivity index (χ4n) is 1.70. The summed E-state index contributed by atoms with van der Waals surface area (Å²) in [6, 6.07) is 7.25. The Bertz CT molecular complexity index is 484. The molecule has 0 saturated carbocycles. The van der Waals surface area contributed by atoms with Crippen molar-refractivity contribution < 1.29 is 14.7 Å². The molecule has 1 rings (SSSR count). The number of rotatable bonds is 5. The number of carbonyl (C=O) groups excluding carboxylic acids is 2. The molecule has 0 unspecified atom stereocenters. The average Bonchev–Trinajstić information content (AvgIpc) is 2.36. The summed E-state index contributed by atoms with van der Waals surface area (Å²) in [6.07, 6.45) is 0.562. The monoisotopic (exact) mass is 278 g/mol. The van der Waals surface area contributed by atoms with Crippen molar-refractivity contribution in [3.63, 3.8) is 0 Å². The van der Waals surface area contributed by atoms with Gasteiger partial charge in [-0.05, 0) is 36.5 Å². The van der Waals surface area contributed by atoms with E-state index in [1.165, 1.54) is 0 Å². The molecule has 0 aliphatic rings. The highest BCUT2D eigenvalue weighted by molar-refractivity contribution is 6.39. The van der Waals surface area contributed by atoms with E-state index in [0.717, 1.165) is 5.56 Å². The molecule has 1 aromatic carbocycles. The number of nitrogens with one attached hydrogen (secondary N) is 2. The lowest BCUT2D eigenvalue weighted by molar-refractivity contribution is -0.136. The lowest BCUT2D eigenvalue weighted by atomic mass is 9.90. The minimum atomic E-state index is -0.685. The third-order valence-corrected chi connectivity index (χ3v) is 3.00. The van der Waals surface area contributed by atoms with E-state index < -0.39 is 11.8 Å². The van der Waals surface area contributed by atoms with Crippen LogP contribution in [0.4, 0.5) is 5.69 Å². The van der Waals surface area contributed by atoms with Crippen LogP contribution in [-0.2, 0) is 9.59 Å². The Labute approximate surface area is 119 Å². The van der Waals surface area contributed by atoms with Gasteiger partial charge in [0.2, 0.25) is 0 Å². The maximum absolute atomic E-state index is 11.7. The molecule has 0 aliphatic heterocycles. The molecule has 0 saturated heterocycles. The zero-order chi connectivity index (χ0) is 15.2. The molecule has 3 N–H and O–H groups in total. The van der Waals surface area contributed by atoms with Crippen LogP contribution < -0.4 is 10.6 Å². The number of anilines is 1. The van der Waals surface area contributed by atoms with Crippen LogP contribution in [0, 0.1) is 12.3 Å². The lowest BCUT2D eigenvalue weighted by Crippen LogP contribution is -2.40. The van der Waals surface area contributed by atoms with Gasteiger partial charge in [-0.15, -0.1) is 0 Å². The Morgan fingerprint density at radius 2 is 1.95 bits per heavy atom. The minimum absolute atomic E-state index is 0.0539. The Hall–Kier alpha value is -1.88. The summed E-state index contributed by atoms with van der Waals surface area (Å²) >= 11 is 0. The summed E-state index contributed by atoms with van der Waals surface area (Å²) in [5.41, 5.74) is 1.36. The van der Waals surface area contributed by atoms with Crippen molar-refractivity contribution in [3.8, 4) is 0 Å². The van der Waals surface area contributed by atoms with Crippen LogP contribution in [0.2, 0.25) is 0 Å². The van der Waals surface area contributed by atoms with Crippen molar-refractivity contribution in [2.24, 2.45) is 5.41 Å². The number of aryl methyl sites for hydroxylation is 1. The number of aliphatic hydroxyl groups is 1. The molecule has 5 heteroatoms. The zero-order valence-corrected chi connectivity index (χ0v) is 12.2. The molecule has 0 bridgehead atoms. The second kappa shape index (κ2) is 7.05. The smallest absolute Gasteiger partial charge is 0.313 e. The fourth-order valence-corrected chi connectivity index (χ4v) is 1.70. The van der Waals surface area contributed by atoms with Gasteiger partial charge in [0.25, 0.3) is 0 Å². The van der Waals surface area contributed by atoms with Crippen LogP contribution in [0.25, 0.3) is 0 Å². The molecule has 5 nitrogen and oxygen atoms in total. The van der Waals surface area contributed by atoms with Crippen LogP contribution in [0.5, 0.6) is 0 Å². The number of amides is 2. The van der Waals surface area contributed by atoms with Gasteiger partial charge in [0.15, 0.2) is 0 Å². The van der Waals surface area contributed by atoms with Crippen molar-refractivity contribution in [1.82, 2.24) is 5.32 Å². The topological polar surface area (TPSA) is 78.4 Å². The van der Waals surface area contributed by atoms with Crippen LogP contribution in [0.1, 0.15) is 25.8 Å². The van der Waals surface area contributed by atoms with Crippen molar-refractivity contribution >= 4 is 17.5 Å². The van der Waals surface area contributed by atoms with Gasteiger partial charge in [-0.2, -0.15) is 0 Å². The largest absolute Gasteiger partial charge is 0.396 e. The van der Waals surface area contributed by atoms with E-state index in [9.17, 15) is 9.59 Å². The molecule has 0 atom stereocenters. The van der Waals surface area contributed by atoms with E-state index >= 15 is 0 Å². The van der Waals surface area contributed by atoms with Crippen LogP contribution in [-0.4, -0.2) is 30.1 Å². The molecular weight excluding hydrogens is 256 g/mol. The summed E-state index contributed by atoms with van der Waals surface area (Å²) in [5, 5.41) is 14.0. The van der Waals surface area contributed by atoms with E-state index in [1.807, 2.05) is 32.9 Å². The van der Waals surface area contributed by atoms with Gasteiger partial charge in [0.05, 0.1) is 0 Å². The second-order valence-corrected chi connectivity index (χ2v) is 5.64. The molecule has 20 heavy (non-hydrogen) atoms. The summed E-state index contributed by atoms with van der Waals surface area (Å²) in [5.74, 6) is -1.35. The summed E-state index contributed by atoms with van der Waals surface area (Å²) in [7, 11) is 0. The number of hydrogen-bond acceptors (Lipinski definition) is 3. The molecule has 0 spiro atoms. The Kier molecular flexibility index (Phi) is 5.70. The second-order valence-electron chi connectivity index (χ2n) is 5.64. The Morgan fingerprint density at radius 3 is 2.55 bits per heavy atom.